The number of pyridine rings is 1. The molecule has 0 atom stereocenters. The Morgan fingerprint density at radius 1 is 1.32 bits per heavy atom. The summed E-state index contributed by atoms with van der Waals surface area (Å²) in [6, 6.07) is 2.44. The van der Waals surface area contributed by atoms with Crippen LogP contribution in [-0.2, 0) is 22.9 Å². The zero-order valence-corrected chi connectivity index (χ0v) is 11.5. The molecule has 0 amide bonds. The molecule has 6 nitrogen and oxygen atoms in total. The molecular weight excluding hydrogens is 286 g/mol. The van der Waals surface area contributed by atoms with E-state index in [9.17, 15) is 13.2 Å². The minimum absolute atomic E-state index is 0.0162. The number of H-pyrrole nitrogens is 1. The van der Waals surface area contributed by atoms with Crippen LogP contribution in [0.1, 0.15) is 17.0 Å². The Bertz CT molecular complexity index is 735. The van der Waals surface area contributed by atoms with Crippen LogP contribution in [0, 0.1) is 0 Å². The highest BCUT2D eigenvalue weighted by Crippen LogP contribution is 2.31. The summed E-state index contributed by atoms with van der Waals surface area (Å²) in [6.07, 6.45) is 4.13. The first-order chi connectivity index (χ1) is 9.04. The minimum atomic E-state index is -3.69. The van der Waals surface area contributed by atoms with Gasteiger partial charge < -0.3 is 4.98 Å². The fraction of sp³-hybridized carbons (Fsp3) is 0.273. The molecule has 2 N–H and O–H groups in total. The lowest BCUT2D eigenvalue weighted by molar-refractivity contribution is 0.600. The van der Waals surface area contributed by atoms with Gasteiger partial charge in [0.15, 0.2) is 5.13 Å². The van der Waals surface area contributed by atoms with Crippen molar-refractivity contribution < 1.29 is 8.42 Å². The molecule has 100 valence electrons. The molecule has 0 fully saturated rings. The van der Waals surface area contributed by atoms with Crippen LogP contribution in [0.2, 0.25) is 0 Å². The number of nitrogens with zero attached hydrogens (tertiary/aromatic N) is 1. The third-order valence-electron chi connectivity index (χ3n) is 2.88. The average Bonchev–Trinajstić information content (AvgIpc) is 2.89. The van der Waals surface area contributed by atoms with Crippen molar-refractivity contribution in [2.75, 3.05) is 4.72 Å². The number of rotatable bonds is 3. The minimum Gasteiger partial charge on any atom is -0.328 e. The van der Waals surface area contributed by atoms with Crippen molar-refractivity contribution in [2.45, 2.75) is 24.2 Å². The van der Waals surface area contributed by atoms with E-state index in [0.29, 0.717) is 5.13 Å². The lowest BCUT2D eigenvalue weighted by atomic mass is 10.4. The highest BCUT2D eigenvalue weighted by molar-refractivity contribution is 7.93. The maximum absolute atomic E-state index is 12.1. The fourth-order valence-corrected chi connectivity index (χ4v) is 4.22. The van der Waals surface area contributed by atoms with Crippen LogP contribution in [0.5, 0.6) is 0 Å². The largest absolute Gasteiger partial charge is 0.328 e. The second-order valence-corrected chi connectivity index (χ2v) is 7.00. The number of aromatic nitrogens is 2. The van der Waals surface area contributed by atoms with Crippen LogP contribution < -0.4 is 10.3 Å². The molecule has 0 aromatic carbocycles. The van der Waals surface area contributed by atoms with Crippen molar-refractivity contribution in [2.24, 2.45) is 0 Å². The van der Waals surface area contributed by atoms with Crippen LogP contribution >= 0.6 is 11.3 Å². The second kappa shape index (κ2) is 4.46. The number of thiazole rings is 1. The Labute approximate surface area is 113 Å². The number of anilines is 1. The van der Waals surface area contributed by atoms with Gasteiger partial charge in [-0.2, -0.15) is 0 Å². The second-order valence-electron chi connectivity index (χ2n) is 4.24. The van der Waals surface area contributed by atoms with Crippen LogP contribution in [0.3, 0.4) is 0 Å². The van der Waals surface area contributed by atoms with Gasteiger partial charge in [0, 0.05) is 17.1 Å². The molecule has 3 rings (SSSR count). The van der Waals surface area contributed by atoms with E-state index < -0.39 is 10.0 Å². The summed E-state index contributed by atoms with van der Waals surface area (Å²) in [5.41, 5.74) is 0.649. The number of aryl methyl sites for hydroxylation is 2. The predicted octanol–water partition coefficient (Wildman–Crippen LogP) is 1.12. The van der Waals surface area contributed by atoms with Crippen LogP contribution in [0.15, 0.2) is 28.0 Å². The van der Waals surface area contributed by atoms with Crippen LogP contribution in [0.4, 0.5) is 5.13 Å². The molecule has 0 aliphatic heterocycles. The molecule has 0 radical (unpaired) electrons. The first-order valence-electron chi connectivity index (χ1n) is 5.75. The van der Waals surface area contributed by atoms with Crippen molar-refractivity contribution in [3.05, 3.63) is 39.3 Å². The van der Waals surface area contributed by atoms with Gasteiger partial charge in [-0.15, -0.1) is 11.3 Å². The quantitative estimate of drug-likeness (QED) is 0.888. The van der Waals surface area contributed by atoms with Crippen molar-refractivity contribution in [3.8, 4) is 0 Å². The van der Waals surface area contributed by atoms with Crippen molar-refractivity contribution in [3.63, 3.8) is 0 Å². The summed E-state index contributed by atoms with van der Waals surface area (Å²) < 4.78 is 26.6. The Balaban J connectivity index is 1.88. The molecule has 0 spiro atoms. The maximum atomic E-state index is 12.1. The molecule has 19 heavy (non-hydrogen) atoms. The lowest BCUT2D eigenvalue weighted by Crippen LogP contribution is -2.15. The zero-order chi connectivity index (χ0) is 13.5. The molecule has 0 unspecified atom stereocenters. The summed E-state index contributed by atoms with van der Waals surface area (Å²) >= 11 is 1.37. The lowest BCUT2D eigenvalue weighted by Gasteiger charge is -2.04. The molecule has 0 saturated carbocycles. The molecular formula is C11H11N3O3S2. The molecule has 0 bridgehead atoms. The van der Waals surface area contributed by atoms with Crippen LogP contribution in [0.25, 0.3) is 0 Å². The van der Waals surface area contributed by atoms with Gasteiger partial charge in [0.25, 0.3) is 10.0 Å². The van der Waals surface area contributed by atoms with Gasteiger partial charge in [-0.3, -0.25) is 9.52 Å². The third kappa shape index (κ3) is 2.41. The summed E-state index contributed by atoms with van der Waals surface area (Å²) in [4.78, 5) is 18.7. The number of hydrogen-bond donors (Lipinski definition) is 2. The maximum Gasteiger partial charge on any atom is 0.265 e. The Morgan fingerprint density at radius 2 is 2.16 bits per heavy atom. The number of hydrogen-bond acceptors (Lipinski definition) is 5. The number of nitrogens with one attached hydrogen (secondary N) is 2. The highest BCUT2D eigenvalue weighted by atomic mass is 32.2. The summed E-state index contributed by atoms with van der Waals surface area (Å²) in [5, 5.41) is 0.385. The number of fused-ring (bicyclic) bond motifs is 1. The van der Waals surface area contributed by atoms with E-state index >= 15 is 0 Å². The monoisotopic (exact) mass is 297 g/mol. The fourth-order valence-electron chi connectivity index (χ4n) is 1.97. The van der Waals surface area contributed by atoms with E-state index in [2.05, 4.69) is 14.7 Å². The van der Waals surface area contributed by atoms with Gasteiger partial charge in [0.2, 0.25) is 5.56 Å². The zero-order valence-electron chi connectivity index (χ0n) is 9.84. The predicted molar refractivity (Wildman–Crippen MR) is 72.0 cm³/mol. The topological polar surface area (TPSA) is 91.9 Å². The van der Waals surface area contributed by atoms with Gasteiger partial charge in [-0.1, -0.05) is 0 Å². The van der Waals surface area contributed by atoms with E-state index in [1.165, 1.54) is 29.7 Å². The Kier molecular flexibility index (Phi) is 2.90. The van der Waals surface area contributed by atoms with Crippen molar-refractivity contribution in [1.29, 1.82) is 0 Å². The van der Waals surface area contributed by atoms with Gasteiger partial charge in [0.05, 0.1) is 5.69 Å². The Morgan fingerprint density at radius 3 is 2.84 bits per heavy atom. The number of aromatic amines is 1. The molecule has 2 aromatic rings. The van der Waals surface area contributed by atoms with E-state index in [1.54, 1.807) is 0 Å². The molecule has 2 aromatic heterocycles. The standard InChI is InChI=1S/C11H11N3O3S2/c15-10-5-4-7(6-12-10)19(16,17)14-11-13-8-2-1-3-9(8)18-11/h4-6H,1-3H2,(H,12,15)(H,13,14). The van der Waals surface area contributed by atoms with E-state index in [-0.39, 0.29) is 10.5 Å². The van der Waals surface area contributed by atoms with Gasteiger partial charge in [-0.25, -0.2) is 13.4 Å². The normalized spacial score (nSPS) is 14.3. The highest BCUT2D eigenvalue weighted by Gasteiger charge is 2.21. The summed E-state index contributed by atoms with van der Waals surface area (Å²) in [7, 11) is -3.69. The van der Waals surface area contributed by atoms with Crippen molar-refractivity contribution in [1.82, 2.24) is 9.97 Å². The summed E-state index contributed by atoms with van der Waals surface area (Å²) in [5.74, 6) is 0. The first kappa shape index (κ1) is 12.4. The molecule has 1 aliphatic rings. The summed E-state index contributed by atoms with van der Waals surface area (Å²) in [6.45, 7) is 0. The van der Waals surface area contributed by atoms with Gasteiger partial charge >= 0.3 is 0 Å². The smallest absolute Gasteiger partial charge is 0.265 e. The Hall–Kier alpha value is -1.67. The van der Waals surface area contributed by atoms with Crippen molar-refractivity contribution >= 4 is 26.5 Å². The number of sulfonamides is 1. The average molecular weight is 297 g/mol. The molecule has 1 aliphatic carbocycles. The van der Waals surface area contributed by atoms with Crippen LogP contribution in [-0.4, -0.2) is 18.4 Å². The third-order valence-corrected chi connectivity index (χ3v) is 5.42. The molecule has 2 heterocycles. The molecule has 0 saturated heterocycles. The van der Waals surface area contributed by atoms with E-state index in [0.717, 1.165) is 29.8 Å². The van der Waals surface area contributed by atoms with Gasteiger partial charge in [0.1, 0.15) is 4.90 Å². The molecule has 8 heteroatoms. The van der Waals surface area contributed by atoms with E-state index in [1.807, 2.05) is 0 Å². The van der Waals surface area contributed by atoms with Gasteiger partial charge in [-0.05, 0) is 25.3 Å². The van der Waals surface area contributed by atoms with E-state index in [4.69, 9.17) is 0 Å². The first-order valence-corrected chi connectivity index (χ1v) is 8.05. The SMILES string of the molecule is O=c1ccc(S(=O)(=O)Nc2nc3c(s2)CCC3)c[nH]1.